The Morgan fingerprint density at radius 2 is 0.958 bits per heavy atom. The van der Waals surface area contributed by atoms with Crippen LogP contribution in [0.1, 0.15) is 88.5 Å². The van der Waals surface area contributed by atoms with E-state index in [4.69, 9.17) is 0 Å². The molecule has 0 unspecified atom stereocenters. The summed E-state index contributed by atoms with van der Waals surface area (Å²) in [6, 6.07) is 0. The van der Waals surface area contributed by atoms with Gasteiger partial charge in [0.15, 0.2) is 0 Å². The first kappa shape index (κ1) is 38.3. The number of hydrogen-bond donors (Lipinski definition) is 0. The lowest BCUT2D eigenvalue weighted by atomic mass is 10.3. The van der Waals surface area contributed by atoms with E-state index in [2.05, 4.69) is 67.9 Å². The maximum absolute atomic E-state index is 3.56. The lowest BCUT2D eigenvalue weighted by molar-refractivity contribution is 0.737. The molecule has 0 N–H and O–H groups in total. The molecule has 0 saturated heterocycles. The minimum Gasteiger partial charge on any atom is -0.103 e. The van der Waals surface area contributed by atoms with Gasteiger partial charge >= 0.3 is 0 Å². The van der Waals surface area contributed by atoms with Gasteiger partial charge in [0, 0.05) is 0 Å². The maximum Gasteiger partial charge on any atom is -0.0382 e. The minimum absolute atomic E-state index is 0.833. The van der Waals surface area contributed by atoms with Crippen LogP contribution >= 0.6 is 0 Å². The third-order valence-corrected chi connectivity index (χ3v) is 1.29. The van der Waals surface area contributed by atoms with Crippen molar-refractivity contribution in [3.63, 3.8) is 0 Å². The van der Waals surface area contributed by atoms with Crippen molar-refractivity contribution in [1.82, 2.24) is 0 Å². The highest BCUT2D eigenvalue weighted by Crippen LogP contribution is 1.81. The topological polar surface area (TPSA) is 0 Å². The van der Waals surface area contributed by atoms with Crippen molar-refractivity contribution in [2.45, 2.75) is 88.5 Å². The highest BCUT2D eigenvalue weighted by Gasteiger charge is 1.68. The molecule has 0 fully saturated rings. The molecule has 24 heavy (non-hydrogen) atoms. The summed E-state index contributed by atoms with van der Waals surface area (Å²) < 4.78 is 0. The Labute approximate surface area is 157 Å². The minimum atomic E-state index is 0.833. The molecule has 0 saturated carbocycles. The van der Waals surface area contributed by atoms with E-state index in [0.717, 1.165) is 12.3 Å². The van der Waals surface area contributed by atoms with Gasteiger partial charge in [-0.05, 0) is 40.0 Å². The average molecular weight is 339 g/mol. The van der Waals surface area contributed by atoms with Gasteiger partial charge in [0.1, 0.15) is 0 Å². The molecule has 0 amide bonds. The molecule has 0 aliphatic rings. The maximum atomic E-state index is 3.56. The van der Waals surface area contributed by atoms with Crippen molar-refractivity contribution in [1.29, 1.82) is 0 Å². The van der Waals surface area contributed by atoms with Crippen molar-refractivity contribution in [3.8, 4) is 0 Å². The van der Waals surface area contributed by atoms with Crippen LogP contribution in [0.3, 0.4) is 0 Å². The van der Waals surface area contributed by atoms with Crippen LogP contribution in [0.25, 0.3) is 0 Å². The van der Waals surface area contributed by atoms with Gasteiger partial charge in [0.25, 0.3) is 0 Å². The fourth-order valence-electron chi connectivity index (χ4n) is 0. The summed E-state index contributed by atoms with van der Waals surface area (Å²) >= 11 is 0. The first-order valence-electron chi connectivity index (χ1n) is 9.16. The smallest absolute Gasteiger partial charge is 0.0382 e. The summed E-state index contributed by atoms with van der Waals surface area (Å²) in [4.78, 5) is 0. The fraction of sp³-hybridized carbons (Fsp3) is 0.583. The molecule has 0 aliphatic carbocycles. The second-order valence-corrected chi connectivity index (χ2v) is 5.77. The van der Waals surface area contributed by atoms with Crippen molar-refractivity contribution < 1.29 is 0 Å². The Kier molecular flexibility index (Phi) is 92.1. The van der Waals surface area contributed by atoms with E-state index in [0.29, 0.717) is 0 Å². The largest absolute Gasteiger partial charge is 0.103 e. The lowest BCUT2D eigenvalue weighted by Crippen LogP contribution is -1.66. The van der Waals surface area contributed by atoms with Gasteiger partial charge < -0.3 is 0 Å². The molecule has 0 heteroatoms. The normalized spacial score (nSPS) is 7.29. The van der Waals surface area contributed by atoms with E-state index in [-0.39, 0.29) is 0 Å². The first-order chi connectivity index (χ1) is 11.1. The Hall–Kier alpha value is -1.30. The quantitative estimate of drug-likeness (QED) is 0.355. The zero-order chi connectivity index (χ0) is 20.8. The Morgan fingerprint density at radius 1 is 0.792 bits per heavy atom. The fourth-order valence-corrected chi connectivity index (χ4v) is 0. The SMILES string of the molecule is C=C(C)C.C=CC=C.C=CCC.CC(C)C.CC=CC.CCCC. The van der Waals surface area contributed by atoms with Gasteiger partial charge in [-0.25, -0.2) is 0 Å². The van der Waals surface area contributed by atoms with Crippen molar-refractivity contribution >= 4 is 0 Å². The highest BCUT2D eigenvalue weighted by atomic mass is 13.7. The van der Waals surface area contributed by atoms with E-state index in [1.807, 2.05) is 45.9 Å². The Balaban J connectivity index is -0.0000000405. The number of hydrogen-bond acceptors (Lipinski definition) is 0. The third-order valence-electron chi connectivity index (χ3n) is 1.29. The molecule has 0 aromatic carbocycles. The van der Waals surface area contributed by atoms with Gasteiger partial charge in [-0.1, -0.05) is 103 Å². The van der Waals surface area contributed by atoms with E-state index < -0.39 is 0 Å². The molecule has 0 aromatic heterocycles. The van der Waals surface area contributed by atoms with Crippen molar-refractivity contribution in [3.05, 3.63) is 62.3 Å². The van der Waals surface area contributed by atoms with Crippen LogP contribution in [0.5, 0.6) is 0 Å². The highest BCUT2D eigenvalue weighted by molar-refractivity contribution is 4.88. The molecule has 0 spiro atoms. The van der Waals surface area contributed by atoms with Crippen LogP contribution in [0.15, 0.2) is 62.3 Å². The molecular weight excluding hydrogens is 288 g/mol. The zero-order valence-electron chi connectivity index (χ0n) is 18.9. The second kappa shape index (κ2) is 57.6. The summed E-state index contributed by atoms with van der Waals surface area (Å²) in [6.07, 6.45) is 12.9. The van der Waals surface area contributed by atoms with E-state index >= 15 is 0 Å². The lowest BCUT2D eigenvalue weighted by Gasteiger charge is -1.79. The number of rotatable bonds is 3. The van der Waals surface area contributed by atoms with E-state index in [9.17, 15) is 0 Å². The van der Waals surface area contributed by atoms with Gasteiger partial charge in [0.2, 0.25) is 0 Å². The van der Waals surface area contributed by atoms with Gasteiger partial charge in [-0.15, -0.1) is 13.2 Å². The van der Waals surface area contributed by atoms with Gasteiger partial charge in [-0.3, -0.25) is 0 Å². The molecule has 0 nitrogen and oxygen atoms in total. The molecule has 0 aromatic rings. The van der Waals surface area contributed by atoms with Crippen molar-refractivity contribution in [2.24, 2.45) is 5.92 Å². The zero-order valence-corrected chi connectivity index (χ0v) is 18.9. The van der Waals surface area contributed by atoms with E-state index in [1.54, 1.807) is 12.2 Å². The monoisotopic (exact) mass is 338 g/mol. The van der Waals surface area contributed by atoms with Gasteiger partial charge in [-0.2, -0.15) is 0 Å². The summed E-state index contributed by atoms with van der Waals surface area (Å²) in [6.45, 7) is 34.6. The summed E-state index contributed by atoms with van der Waals surface area (Å²) in [7, 11) is 0. The molecule has 0 heterocycles. The molecule has 0 atom stereocenters. The van der Waals surface area contributed by atoms with Gasteiger partial charge in [0.05, 0.1) is 0 Å². The number of allylic oxidation sites excluding steroid dienone is 6. The molecule has 0 bridgehead atoms. The molecule has 0 radical (unpaired) electrons. The average Bonchev–Trinajstić information content (AvgIpc) is 2.54. The third kappa shape index (κ3) is 1100. The molecule has 0 rings (SSSR count). The van der Waals surface area contributed by atoms with E-state index in [1.165, 1.54) is 18.4 Å². The molecule has 146 valence electrons. The van der Waals surface area contributed by atoms with Crippen LogP contribution in [0.2, 0.25) is 0 Å². The summed E-state index contributed by atoms with van der Waals surface area (Å²) in [5.74, 6) is 0.833. The predicted molar refractivity (Wildman–Crippen MR) is 123 cm³/mol. The molecule has 0 aliphatic heterocycles. The van der Waals surface area contributed by atoms with Crippen LogP contribution in [0.4, 0.5) is 0 Å². The Morgan fingerprint density at radius 3 is 0.958 bits per heavy atom. The van der Waals surface area contributed by atoms with Crippen molar-refractivity contribution in [2.75, 3.05) is 0 Å². The van der Waals surface area contributed by atoms with Crippen LogP contribution in [0, 0.1) is 5.92 Å². The predicted octanol–water partition coefficient (Wildman–Crippen LogP) is 9.57. The van der Waals surface area contributed by atoms with Crippen LogP contribution in [-0.2, 0) is 0 Å². The standard InChI is InChI=1S/C4H10.C4H8.C4H10.2C4H8.C4H6/c2*1-4(2)3;4*1-3-4-2/h4H,1-3H3;1H2,2-3H3;3-4H2,1-2H3;3-4H,1-2H3;3H,1,4H2,2H3;3-4H,1-2H2. The first-order valence-corrected chi connectivity index (χ1v) is 9.16. The van der Waals surface area contributed by atoms with Crippen LogP contribution in [-0.4, -0.2) is 0 Å². The second-order valence-electron chi connectivity index (χ2n) is 5.77. The summed E-state index contributed by atoms with van der Waals surface area (Å²) in [5.41, 5.74) is 1.17. The Bertz CT molecular complexity index is 210. The van der Waals surface area contributed by atoms with Crippen LogP contribution < -0.4 is 0 Å². The summed E-state index contributed by atoms with van der Waals surface area (Å²) in [5, 5.41) is 0. The number of unbranched alkanes of at least 4 members (excludes halogenated alkanes) is 1. The molecular formula is C24H50.